The fourth-order valence-electron chi connectivity index (χ4n) is 2.06. The van der Waals surface area contributed by atoms with Crippen LogP contribution in [0.5, 0.6) is 0 Å². The summed E-state index contributed by atoms with van der Waals surface area (Å²) in [6.45, 7) is 8.79. The number of nitrogens with zero attached hydrogens (tertiary/aromatic N) is 1. The van der Waals surface area contributed by atoms with Crippen molar-refractivity contribution in [2.75, 3.05) is 5.73 Å². The Labute approximate surface area is 86.5 Å². The molecule has 0 aliphatic carbocycles. The van der Waals surface area contributed by atoms with Gasteiger partial charge in [0.05, 0.1) is 0 Å². The maximum absolute atomic E-state index is 5.89. The number of pyridine rings is 1. The highest BCUT2D eigenvalue weighted by Crippen LogP contribution is 2.28. The van der Waals surface area contributed by atoms with Gasteiger partial charge in [0.2, 0.25) is 0 Å². The lowest BCUT2D eigenvalue weighted by molar-refractivity contribution is 0.522. The van der Waals surface area contributed by atoms with Gasteiger partial charge in [0, 0.05) is 6.20 Å². The molecule has 0 aromatic carbocycles. The number of hydrogen-bond acceptors (Lipinski definition) is 2. The molecule has 0 fully saturated rings. The summed E-state index contributed by atoms with van der Waals surface area (Å²) in [6, 6.07) is 2.03. The Morgan fingerprint density at radius 3 is 2.50 bits per heavy atom. The average molecular weight is 192 g/mol. The van der Waals surface area contributed by atoms with Gasteiger partial charge >= 0.3 is 0 Å². The molecule has 1 aromatic rings. The lowest BCUT2D eigenvalue weighted by atomic mass is 9.90. The summed E-state index contributed by atoms with van der Waals surface area (Å²) in [7, 11) is 0. The quantitative estimate of drug-likeness (QED) is 0.799. The second kappa shape index (κ2) is 4.45. The number of hydrogen-bond donors (Lipinski definition) is 1. The highest BCUT2D eigenvalue weighted by atomic mass is 14.8. The minimum Gasteiger partial charge on any atom is -0.383 e. The molecule has 2 N–H and O–H groups in total. The number of nitrogens with two attached hydrogens (primary N) is 1. The van der Waals surface area contributed by atoms with Gasteiger partial charge in [0.1, 0.15) is 5.82 Å². The molecular formula is C12H20N2. The Bertz CT molecular complexity index is 285. The summed E-state index contributed by atoms with van der Waals surface area (Å²) in [5.41, 5.74) is 8.37. The fourth-order valence-corrected chi connectivity index (χ4v) is 2.06. The van der Waals surface area contributed by atoms with Crippen molar-refractivity contribution in [3.8, 4) is 0 Å². The van der Waals surface area contributed by atoms with E-state index in [9.17, 15) is 0 Å². The second-order valence-corrected chi connectivity index (χ2v) is 4.46. The van der Waals surface area contributed by atoms with Crippen LogP contribution >= 0.6 is 0 Å². The van der Waals surface area contributed by atoms with Crippen LogP contribution in [0.2, 0.25) is 0 Å². The lowest BCUT2D eigenvalue weighted by Gasteiger charge is -2.17. The summed E-state index contributed by atoms with van der Waals surface area (Å²) in [6.07, 6.45) is 2.94. The topological polar surface area (TPSA) is 38.9 Å². The maximum Gasteiger partial charge on any atom is 0.127 e. The fraction of sp³-hybridized carbons (Fsp3) is 0.583. The van der Waals surface area contributed by atoms with E-state index in [-0.39, 0.29) is 0 Å². The standard InChI is InChI=1S/C12H20N2/c1-8(2)7-10(4)11-9(3)5-6-14-12(11)13/h5-6,8,10H,7H2,1-4H3,(H2,13,14). The van der Waals surface area contributed by atoms with Crippen molar-refractivity contribution < 1.29 is 0 Å². The van der Waals surface area contributed by atoms with Gasteiger partial charge < -0.3 is 5.73 Å². The molecule has 1 atom stereocenters. The van der Waals surface area contributed by atoms with Crippen molar-refractivity contribution in [3.05, 3.63) is 23.4 Å². The zero-order chi connectivity index (χ0) is 10.7. The third-order valence-electron chi connectivity index (χ3n) is 2.56. The minimum absolute atomic E-state index is 0.503. The van der Waals surface area contributed by atoms with Crippen LogP contribution in [0.25, 0.3) is 0 Å². The molecule has 0 saturated carbocycles. The van der Waals surface area contributed by atoms with Crippen LogP contribution in [0, 0.1) is 12.8 Å². The van der Waals surface area contributed by atoms with E-state index in [0.29, 0.717) is 17.7 Å². The summed E-state index contributed by atoms with van der Waals surface area (Å²) in [5.74, 6) is 1.89. The molecule has 0 aliphatic heterocycles. The number of anilines is 1. The highest BCUT2D eigenvalue weighted by Gasteiger charge is 2.13. The minimum atomic E-state index is 0.503. The Balaban J connectivity index is 2.94. The molecule has 0 radical (unpaired) electrons. The Morgan fingerprint density at radius 2 is 2.00 bits per heavy atom. The molecule has 1 heterocycles. The van der Waals surface area contributed by atoms with Crippen LogP contribution in [0.15, 0.2) is 12.3 Å². The molecule has 1 rings (SSSR count). The lowest BCUT2D eigenvalue weighted by Crippen LogP contribution is -2.06. The molecule has 0 saturated heterocycles. The van der Waals surface area contributed by atoms with Gasteiger partial charge in [0.15, 0.2) is 0 Å². The first-order valence-electron chi connectivity index (χ1n) is 5.23. The predicted octanol–water partition coefficient (Wildman–Crippen LogP) is 3.12. The van der Waals surface area contributed by atoms with E-state index in [0.717, 1.165) is 6.42 Å². The average Bonchev–Trinajstić information content (AvgIpc) is 2.01. The van der Waals surface area contributed by atoms with Gasteiger partial charge in [-0.25, -0.2) is 4.98 Å². The van der Waals surface area contributed by atoms with Crippen LogP contribution < -0.4 is 5.73 Å². The summed E-state index contributed by atoms with van der Waals surface area (Å²) in [4.78, 5) is 4.15. The molecule has 78 valence electrons. The summed E-state index contributed by atoms with van der Waals surface area (Å²) < 4.78 is 0. The van der Waals surface area contributed by atoms with Gasteiger partial charge in [-0.05, 0) is 42.4 Å². The Kier molecular flexibility index (Phi) is 3.50. The first-order chi connectivity index (χ1) is 6.52. The van der Waals surface area contributed by atoms with Gasteiger partial charge in [-0.15, -0.1) is 0 Å². The molecule has 0 spiro atoms. The van der Waals surface area contributed by atoms with E-state index in [2.05, 4.69) is 32.7 Å². The van der Waals surface area contributed by atoms with Crippen molar-refractivity contribution >= 4 is 5.82 Å². The van der Waals surface area contributed by atoms with Crippen LogP contribution in [-0.2, 0) is 0 Å². The van der Waals surface area contributed by atoms with E-state index in [1.807, 2.05) is 6.07 Å². The predicted molar refractivity (Wildman–Crippen MR) is 61.3 cm³/mol. The van der Waals surface area contributed by atoms with E-state index < -0.39 is 0 Å². The molecule has 1 unspecified atom stereocenters. The van der Waals surface area contributed by atoms with Gasteiger partial charge in [-0.3, -0.25) is 0 Å². The van der Waals surface area contributed by atoms with Crippen LogP contribution in [-0.4, -0.2) is 4.98 Å². The SMILES string of the molecule is Cc1ccnc(N)c1C(C)CC(C)C. The molecule has 2 nitrogen and oxygen atoms in total. The van der Waals surface area contributed by atoms with Crippen LogP contribution in [0.4, 0.5) is 5.82 Å². The van der Waals surface area contributed by atoms with E-state index in [4.69, 9.17) is 5.73 Å². The number of aryl methyl sites for hydroxylation is 1. The second-order valence-electron chi connectivity index (χ2n) is 4.46. The zero-order valence-electron chi connectivity index (χ0n) is 9.54. The van der Waals surface area contributed by atoms with Gasteiger partial charge in [-0.2, -0.15) is 0 Å². The molecule has 0 aliphatic rings. The van der Waals surface area contributed by atoms with E-state index in [1.54, 1.807) is 6.20 Å². The molecule has 0 bridgehead atoms. The Hall–Kier alpha value is -1.05. The monoisotopic (exact) mass is 192 g/mol. The summed E-state index contributed by atoms with van der Waals surface area (Å²) >= 11 is 0. The van der Waals surface area contributed by atoms with Crippen molar-refractivity contribution in [1.29, 1.82) is 0 Å². The van der Waals surface area contributed by atoms with Crippen molar-refractivity contribution in [3.63, 3.8) is 0 Å². The third-order valence-corrected chi connectivity index (χ3v) is 2.56. The molecule has 2 heteroatoms. The Morgan fingerprint density at radius 1 is 1.36 bits per heavy atom. The molecule has 0 amide bonds. The van der Waals surface area contributed by atoms with Gasteiger partial charge in [-0.1, -0.05) is 20.8 Å². The first kappa shape index (κ1) is 11.0. The van der Waals surface area contributed by atoms with Gasteiger partial charge in [0.25, 0.3) is 0 Å². The number of aromatic nitrogens is 1. The first-order valence-corrected chi connectivity index (χ1v) is 5.23. The number of nitrogen functional groups attached to an aromatic ring is 1. The maximum atomic E-state index is 5.89. The largest absolute Gasteiger partial charge is 0.383 e. The van der Waals surface area contributed by atoms with Crippen LogP contribution in [0.1, 0.15) is 44.2 Å². The molecular weight excluding hydrogens is 172 g/mol. The van der Waals surface area contributed by atoms with E-state index in [1.165, 1.54) is 11.1 Å². The zero-order valence-corrected chi connectivity index (χ0v) is 9.54. The van der Waals surface area contributed by atoms with Crippen LogP contribution in [0.3, 0.4) is 0 Å². The number of rotatable bonds is 3. The summed E-state index contributed by atoms with van der Waals surface area (Å²) in [5, 5.41) is 0. The van der Waals surface area contributed by atoms with E-state index >= 15 is 0 Å². The van der Waals surface area contributed by atoms with Crippen molar-refractivity contribution in [2.24, 2.45) is 5.92 Å². The van der Waals surface area contributed by atoms with Crippen molar-refractivity contribution in [2.45, 2.75) is 40.0 Å². The third kappa shape index (κ3) is 2.47. The smallest absolute Gasteiger partial charge is 0.127 e. The normalized spacial score (nSPS) is 13.2. The highest BCUT2D eigenvalue weighted by molar-refractivity contribution is 5.45. The molecule has 14 heavy (non-hydrogen) atoms. The molecule has 1 aromatic heterocycles. The van der Waals surface area contributed by atoms with Crippen molar-refractivity contribution in [1.82, 2.24) is 4.98 Å².